The van der Waals surface area contributed by atoms with Crippen LogP contribution in [0.2, 0.25) is 0 Å². The van der Waals surface area contributed by atoms with Crippen molar-refractivity contribution in [1.29, 1.82) is 0 Å². The highest BCUT2D eigenvalue weighted by Crippen LogP contribution is 2.16. The molecule has 0 radical (unpaired) electrons. The summed E-state index contributed by atoms with van der Waals surface area (Å²) < 4.78 is 48.3. The second kappa shape index (κ2) is 6.61. The number of rotatable bonds is 4. The van der Waals surface area contributed by atoms with Gasteiger partial charge in [0.25, 0.3) is 10.0 Å². The molecule has 1 unspecified atom stereocenters. The van der Waals surface area contributed by atoms with Crippen LogP contribution in [0.4, 0.5) is 8.78 Å². The van der Waals surface area contributed by atoms with E-state index in [0.717, 1.165) is 0 Å². The highest BCUT2D eigenvalue weighted by Gasteiger charge is 2.25. The van der Waals surface area contributed by atoms with Gasteiger partial charge in [-0.2, -0.15) is 8.78 Å². The van der Waals surface area contributed by atoms with Crippen molar-refractivity contribution >= 4 is 10.0 Å². The summed E-state index contributed by atoms with van der Waals surface area (Å²) in [6.07, 6.45) is 0. The first-order chi connectivity index (χ1) is 8.86. The molecule has 2 N–H and O–H groups in total. The second-order valence-electron chi connectivity index (χ2n) is 3.73. The number of hydrogen-bond donors (Lipinski definition) is 2. The van der Waals surface area contributed by atoms with Gasteiger partial charge in [-0.3, -0.25) is 0 Å². The van der Waals surface area contributed by atoms with Gasteiger partial charge in [-0.1, -0.05) is 24.0 Å². The van der Waals surface area contributed by atoms with Gasteiger partial charge in [0.05, 0.1) is 0 Å². The van der Waals surface area contributed by atoms with Crippen molar-refractivity contribution in [3.63, 3.8) is 0 Å². The molecule has 0 bridgehead atoms. The van der Waals surface area contributed by atoms with Gasteiger partial charge in [-0.15, -0.1) is 0 Å². The third-order valence-corrected chi connectivity index (χ3v) is 3.45. The van der Waals surface area contributed by atoms with Gasteiger partial charge in [0, 0.05) is 11.6 Å². The van der Waals surface area contributed by atoms with Gasteiger partial charge < -0.3 is 5.11 Å². The quantitative estimate of drug-likeness (QED) is 0.819. The van der Waals surface area contributed by atoms with E-state index in [1.165, 1.54) is 6.92 Å². The summed E-state index contributed by atoms with van der Waals surface area (Å²) in [6.45, 7) is 1.21. The van der Waals surface area contributed by atoms with Crippen molar-refractivity contribution in [1.82, 2.24) is 4.72 Å². The average Bonchev–Trinajstić information content (AvgIpc) is 2.36. The summed E-state index contributed by atoms with van der Waals surface area (Å²) in [5, 5.41) is 8.53. The van der Waals surface area contributed by atoms with E-state index in [2.05, 4.69) is 11.8 Å². The standard InChI is InChI=1S/C12H13F2NO3S/c1-9(15-19(17,18)12(13)14)11-6-4-10(5-7-11)3-2-8-16/h4-7,9,12,15-16H,8H2,1H3. The number of halogens is 2. The van der Waals surface area contributed by atoms with E-state index >= 15 is 0 Å². The summed E-state index contributed by atoms with van der Waals surface area (Å²) in [4.78, 5) is 0. The molecule has 0 saturated heterocycles. The largest absolute Gasteiger partial charge is 0.384 e. The van der Waals surface area contributed by atoms with Gasteiger partial charge in [0.1, 0.15) is 6.61 Å². The molecule has 1 rings (SSSR count). The Morgan fingerprint density at radius 2 is 1.89 bits per heavy atom. The number of hydrogen-bond acceptors (Lipinski definition) is 3. The normalized spacial score (nSPS) is 12.9. The van der Waals surface area contributed by atoms with Crippen molar-refractivity contribution < 1.29 is 22.3 Å². The van der Waals surface area contributed by atoms with Crippen LogP contribution in [0.3, 0.4) is 0 Å². The second-order valence-corrected chi connectivity index (χ2v) is 5.41. The SMILES string of the molecule is CC(NS(=O)(=O)C(F)F)c1ccc(C#CCO)cc1. The monoisotopic (exact) mass is 289 g/mol. The Labute approximate surface area is 110 Å². The summed E-state index contributed by atoms with van der Waals surface area (Å²) in [7, 11) is -4.61. The van der Waals surface area contributed by atoms with Crippen LogP contribution in [0.15, 0.2) is 24.3 Å². The number of alkyl halides is 2. The summed E-state index contributed by atoms with van der Waals surface area (Å²) in [5.41, 5.74) is 1.18. The van der Waals surface area contributed by atoms with Gasteiger partial charge in [0.2, 0.25) is 0 Å². The van der Waals surface area contributed by atoms with Crippen LogP contribution in [-0.4, -0.2) is 25.9 Å². The van der Waals surface area contributed by atoms with E-state index in [1.54, 1.807) is 24.3 Å². The lowest BCUT2D eigenvalue weighted by atomic mass is 10.1. The first kappa shape index (κ1) is 15.6. The zero-order chi connectivity index (χ0) is 14.5. The fraction of sp³-hybridized carbons (Fsp3) is 0.333. The van der Waals surface area contributed by atoms with E-state index in [0.29, 0.717) is 11.1 Å². The Hall–Kier alpha value is -1.49. The molecule has 1 aromatic carbocycles. The maximum atomic E-state index is 12.2. The number of nitrogens with one attached hydrogen (secondary N) is 1. The maximum Gasteiger partial charge on any atom is 0.350 e. The predicted octanol–water partition coefficient (Wildman–Crippen LogP) is 1.23. The van der Waals surface area contributed by atoms with Gasteiger partial charge in [0.15, 0.2) is 0 Å². The van der Waals surface area contributed by atoms with Gasteiger partial charge in [-0.25, -0.2) is 13.1 Å². The minimum atomic E-state index is -4.61. The lowest BCUT2D eigenvalue weighted by molar-refractivity contribution is 0.231. The smallest absolute Gasteiger partial charge is 0.350 e. The van der Waals surface area contributed by atoms with Crippen LogP contribution < -0.4 is 4.72 Å². The molecule has 1 aromatic rings. The third-order valence-electron chi connectivity index (χ3n) is 2.30. The zero-order valence-corrected chi connectivity index (χ0v) is 10.9. The molecule has 0 saturated carbocycles. The number of benzene rings is 1. The van der Waals surface area contributed by atoms with Crippen molar-refractivity contribution in [2.24, 2.45) is 0 Å². The zero-order valence-electron chi connectivity index (χ0n) is 10.1. The molecule has 1 atom stereocenters. The van der Waals surface area contributed by atoms with E-state index in [9.17, 15) is 17.2 Å². The van der Waals surface area contributed by atoms with Gasteiger partial charge >= 0.3 is 5.76 Å². The molecular weight excluding hydrogens is 276 g/mol. The van der Waals surface area contributed by atoms with E-state index in [-0.39, 0.29) is 6.61 Å². The Bertz CT molecular complexity index is 573. The first-order valence-electron chi connectivity index (χ1n) is 5.36. The lowest BCUT2D eigenvalue weighted by Gasteiger charge is -2.14. The molecule has 0 heterocycles. The highest BCUT2D eigenvalue weighted by atomic mass is 32.2. The molecule has 7 heteroatoms. The minimum absolute atomic E-state index is 0.258. The Balaban J connectivity index is 2.81. The summed E-state index contributed by atoms with van der Waals surface area (Å²) in [6, 6.07) is 5.63. The topological polar surface area (TPSA) is 66.4 Å². The average molecular weight is 289 g/mol. The van der Waals surface area contributed by atoms with E-state index in [1.807, 2.05) is 4.72 Å². The Morgan fingerprint density at radius 1 is 1.32 bits per heavy atom. The first-order valence-corrected chi connectivity index (χ1v) is 6.90. The molecule has 0 aliphatic heterocycles. The fourth-order valence-electron chi connectivity index (χ4n) is 1.36. The van der Waals surface area contributed by atoms with E-state index in [4.69, 9.17) is 5.11 Å². The molecule has 4 nitrogen and oxygen atoms in total. The molecule has 19 heavy (non-hydrogen) atoms. The van der Waals surface area contributed by atoms with Crippen LogP contribution >= 0.6 is 0 Å². The molecular formula is C12H13F2NO3S. The fourth-order valence-corrected chi connectivity index (χ4v) is 2.09. The van der Waals surface area contributed by atoms with Crippen molar-refractivity contribution in [2.75, 3.05) is 6.61 Å². The van der Waals surface area contributed by atoms with Crippen LogP contribution in [-0.2, 0) is 10.0 Å². The Kier molecular flexibility index (Phi) is 5.42. The lowest BCUT2D eigenvalue weighted by Crippen LogP contribution is -2.31. The summed E-state index contributed by atoms with van der Waals surface area (Å²) in [5.74, 6) is 1.68. The molecule has 0 aromatic heterocycles. The molecule has 104 valence electrons. The molecule has 0 amide bonds. The van der Waals surface area contributed by atoms with Crippen LogP contribution in [0.25, 0.3) is 0 Å². The molecule has 0 spiro atoms. The van der Waals surface area contributed by atoms with Crippen molar-refractivity contribution in [3.05, 3.63) is 35.4 Å². The number of aliphatic hydroxyl groups is 1. The van der Waals surface area contributed by atoms with Crippen LogP contribution in [0, 0.1) is 11.8 Å². The highest BCUT2D eigenvalue weighted by molar-refractivity contribution is 7.89. The molecule has 0 aliphatic carbocycles. The molecule has 0 fully saturated rings. The van der Waals surface area contributed by atoms with Crippen molar-refractivity contribution in [2.45, 2.75) is 18.7 Å². The summed E-state index contributed by atoms with van der Waals surface area (Å²) >= 11 is 0. The Morgan fingerprint density at radius 3 is 2.37 bits per heavy atom. The van der Waals surface area contributed by atoms with Crippen molar-refractivity contribution in [3.8, 4) is 11.8 Å². The van der Waals surface area contributed by atoms with E-state index < -0.39 is 21.8 Å². The van der Waals surface area contributed by atoms with Gasteiger partial charge in [-0.05, 0) is 24.6 Å². The number of sulfonamides is 1. The maximum absolute atomic E-state index is 12.2. The van der Waals surface area contributed by atoms with Crippen LogP contribution in [0.1, 0.15) is 24.1 Å². The minimum Gasteiger partial charge on any atom is -0.384 e. The predicted molar refractivity (Wildman–Crippen MR) is 66.9 cm³/mol. The third kappa shape index (κ3) is 4.59. The molecule has 0 aliphatic rings. The van der Waals surface area contributed by atoms with Crippen LogP contribution in [0.5, 0.6) is 0 Å². The number of aliphatic hydroxyl groups excluding tert-OH is 1.